The van der Waals surface area contributed by atoms with Crippen molar-refractivity contribution in [3.05, 3.63) is 48.0 Å². The topological polar surface area (TPSA) is 52.0 Å². The molecule has 0 saturated carbocycles. The van der Waals surface area contributed by atoms with Crippen LogP contribution in [0.5, 0.6) is 0 Å². The SMILES string of the molecule is Nc1cc(-c2nc3ccccc3o2)c(F)cc1F. The van der Waals surface area contributed by atoms with Crippen molar-refractivity contribution < 1.29 is 13.2 Å². The monoisotopic (exact) mass is 246 g/mol. The lowest BCUT2D eigenvalue weighted by molar-refractivity contribution is 0.574. The Labute approximate surface area is 101 Å². The van der Waals surface area contributed by atoms with Gasteiger partial charge in [0, 0.05) is 6.07 Å². The van der Waals surface area contributed by atoms with Crippen LogP contribution in [0.4, 0.5) is 14.5 Å². The third-order valence-corrected chi connectivity index (χ3v) is 2.61. The molecule has 0 fully saturated rings. The highest BCUT2D eigenvalue weighted by atomic mass is 19.1. The molecule has 90 valence electrons. The van der Waals surface area contributed by atoms with Gasteiger partial charge in [-0.1, -0.05) is 12.1 Å². The highest BCUT2D eigenvalue weighted by molar-refractivity contribution is 5.76. The Morgan fingerprint density at radius 2 is 1.83 bits per heavy atom. The Kier molecular flexibility index (Phi) is 2.26. The van der Waals surface area contributed by atoms with Crippen LogP contribution in [0.1, 0.15) is 0 Å². The lowest BCUT2D eigenvalue weighted by Gasteiger charge is -2.01. The second kappa shape index (κ2) is 3.80. The van der Waals surface area contributed by atoms with E-state index in [1.807, 2.05) is 0 Å². The van der Waals surface area contributed by atoms with Crippen LogP contribution in [0.3, 0.4) is 0 Å². The van der Waals surface area contributed by atoms with Crippen LogP contribution in [-0.4, -0.2) is 4.98 Å². The van der Waals surface area contributed by atoms with Gasteiger partial charge in [0.05, 0.1) is 11.3 Å². The smallest absolute Gasteiger partial charge is 0.230 e. The highest BCUT2D eigenvalue weighted by Crippen LogP contribution is 2.28. The maximum atomic E-state index is 13.6. The van der Waals surface area contributed by atoms with Gasteiger partial charge in [0.25, 0.3) is 0 Å². The summed E-state index contributed by atoms with van der Waals surface area (Å²) in [4.78, 5) is 4.13. The molecule has 5 heteroatoms. The summed E-state index contributed by atoms with van der Waals surface area (Å²) in [6.45, 7) is 0. The number of rotatable bonds is 1. The molecule has 0 bridgehead atoms. The molecule has 18 heavy (non-hydrogen) atoms. The van der Waals surface area contributed by atoms with E-state index in [0.29, 0.717) is 11.1 Å². The minimum absolute atomic E-state index is 0.0464. The van der Waals surface area contributed by atoms with Gasteiger partial charge in [-0.3, -0.25) is 0 Å². The van der Waals surface area contributed by atoms with Gasteiger partial charge < -0.3 is 10.2 Å². The van der Waals surface area contributed by atoms with Crippen LogP contribution in [0.15, 0.2) is 40.8 Å². The molecule has 0 aliphatic carbocycles. The molecule has 0 amide bonds. The molecular formula is C13H8F2N2O. The van der Waals surface area contributed by atoms with Gasteiger partial charge in [0.15, 0.2) is 5.58 Å². The zero-order valence-electron chi connectivity index (χ0n) is 9.15. The molecule has 0 aliphatic rings. The summed E-state index contributed by atoms with van der Waals surface area (Å²) >= 11 is 0. The molecule has 2 aromatic carbocycles. The Morgan fingerprint density at radius 3 is 2.61 bits per heavy atom. The molecule has 1 heterocycles. The van der Waals surface area contributed by atoms with E-state index < -0.39 is 11.6 Å². The number of fused-ring (bicyclic) bond motifs is 1. The first-order valence-electron chi connectivity index (χ1n) is 5.25. The molecule has 0 spiro atoms. The van der Waals surface area contributed by atoms with E-state index in [9.17, 15) is 8.78 Å². The summed E-state index contributed by atoms with van der Waals surface area (Å²) in [5, 5.41) is 0. The number of benzene rings is 2. The second-order valence-corrected chi connectivity index (χ2v) is 3.84. The summed E-state index contributed by atoms with van der Waals surface area (Å²) in [6.07, 6.45) is 0. The van der Waals surface area contributed by atoms with Crippen LogP contribution in [0.2, 0.25) is 0 Å². The van der Waals surface area contributed by atoms with Gasteiger partial charge >= 0.3 is 0 Å². The first-order chi connectivity index (χ1) is 8.65. The summed E-state index contributed by atoms with van der Waals surface area (Å²) in [7, 11) is 0. The molecule has 3 nitrogen and oxygen atoms in total. The maximum absolute atomic E-state index is 13.6. The van der Waals surface area contributed by atoms with E-state index in [-0.39, 0.29) is 17.1 Å². The lowest BCUT2D eigenvalue weighted by atomic mass is 10.2. The average Bonchev–Trinajstić information content (AvgIpc) is 2.77. The van der Waals surface area contributed by atoms with Crippen molar-refractivity contribution in [2.24, 2.45) is 0 Å². The van der Waals surface area contributed by atoms with Gasteiger partial charge in [-0.25, -0.2) is 13.8 Å². The van der Waals surface area contributed by atoms with Crippen LogP contribution in [0.25, 0.3) is 22.6 Å². The van der Waals surface area contributed by atoms with Gasteiger partial charge in [-0.05, 0) is 18.2 Å². The fourth-order valence-electron chi connectivity index (χ4n) is 1.72. The van der Waals surface area contributed by atoms with E-state index >= 15 is 0 Å². The Morgan fingerprint density at radius 1 is 1.06 bits per heavy atom. The highest BCUT2D eigenvalue weighted by Gasteiger charge is 2.15. The van der Waals surface area contributed by atoms with E-state index in [4.69, 9.17) is 10.2 Å². The van der Waals surface area contributed by atoms with E-state index in [1.54, 1.807) is 24.3 Å². The quantitative estimate of drug-likeness (QED) is 0.670. The zero-order chi connectivity index (χ0) is 12.7. The standard InChI is InChI=1S/C13H8F2N2O/c14-8-6-9(15)10(16)5-7(8)13-17-11-3-1-2-4-12(11)18-13/h1-6H,16H2. The molecule has 0 radical (unpaired) electrons. The van der Waals surface area contributed by atoms with Crippen molar-refractivity contribution in [3.8, 4) is 11.5 Å². The first-order valence-corrected chi connectivity index (χ1v) is 5.25. The maximum Gasteiger partial charge on any atom is 0.230 e. The molecule has 3 aromatic rings. The van der Waals surface area contributed by atoms with E-state index in [2.05, 4.69) is 4.98 Å². The number of para-hydroxylation sites is 2. The van der Waals surface area contributed by atoms with Gasteiger partial charge in [-0.15, -0.1) is 0 Å². The first kappa shape index (κ1) is 10.7. The average molecular weight is 246 g/mol. The summed E-state index contributed by atoms with van der Waals surface area (Å²) in [5.74, 6) is -1.47. The number of oxazole rings is 1. The predicted octanol–water partition coefficient (Wildman–Crippen LogP) is 3.36. The van der Waals surface area contributed by atoms with Gasteiger partial charge in [0.2, 0.25) is 5.89 Å². The van der Waals surface area contributed by atoms with Crippen molar-refractivity contribution in [1.29, 1.82) is 0 Å². The van der Waals surface area contributed by atoms with Crippen LogP contribution in [-0.2, 0) is 0 Å². The van der Waals surface area contributed by atoms with Crippen molar-refractivity contribution in [1.82, 2.24) is 4.98 Å². The van der Waals surface area contributed by atoms with E-state index in [0.717, 1.165) is 6.07 Å². The largest absolute Gasteiger partial charge is 0.436 e. The van der Waals surface area contributed by atoms with Crippen LogP contribution >= 0.6 is 0 Å². The fourth-order valence-corrected chi connectivity index (χ4v) is 1.72. The number of halogens is 2. The molecular weight excluding hydrogens is 238 g/mol. The molecule has 0 atom stereocenters. The number of nitrogen functional groups attached to an aromatic ring is 1. The molecule has 0 aliphatic heterocycles. The zero-order valence-corrected chi connectivity index (χ0v) is 9.15. The Balaban J connectivity index is 2.22. The lowest BCUT2D eigenvalue weighted by Crippen LogP contribution is -1.94. The number of nitrogens with two attached hydrogens (primary N) is 1. The minimum Gasteiger partial charge on any atom is -0.436 e. The Hall–Kier alpha value is -2.43. The van der Waals surface area contributed by atoms with Crippen molar-refractivity contribution >= 4 is 16.8 Å². The summed E-state index contributed by atoms with van der Waals surface area (Å²) in [5.41, 5.74) is 6.45. The fraction of sp³-hybridized carbons (Fsp3) is 0. The van der Waals surface area contributed by atoms with Crippen LogP contribution < -0.4 is 5.73 Å². The molecule has 0 saturated heterocycles. The normalized spacial score (nSPS) is 11.0. The number of anilines is 1. The second-order valence-electron chi connectivity index (χ2n) is 3.84. The van der Waals surface area contributed by atoms with Gasteiger partial charge in [0.1, 0.15) is 17.2 Å². The number of aromatic nitrogens is 1. The van der Waals surface area contributed by atoms with Gasteiger partial charge in [-0.2, -0.15) is 0 Å². The number of hydrogen-bond donors (Lipinski definition) is 1. The predicted molar refractivity (Wildman–Crippen MR) is 63.8 cm³/mol. The molecule has 1 aromatic heterocycles. The number of hydrogen-bond acceptors (Lipinski definition) is 3. The third kappa shape index (κ3) is 1.60. The third-order valence-electron chi connectivity index (χ3n) is 2.61. The van der Waals surface area contributed by atoms with Crippen LogP contribution in [0, 0.1) is 11.6 Å². The molecule has 2 N–H and O–H groups in total. The molecule has 0 unspecified atom stereocenters. The van der Waals surface area contributed by atoms with E-state index in [1.165, 1.54) is 6.07 Å². The minimum atomic E-state index is -0.799. The number of nitrogens with zero attached hydrogens (tertiary/aromatic N) is 1. The van der Waals surface area contributed by atoms with Crippen molar-refractivity contribution in [2.45, 2.75) is 0 Å². The summed E-state index contributed by atoms with van der Waals surface area (Å²) in [6, 6.07) is 8.94. The van der Waals surface area contributed by atoms with Crippen molar-refractivity contribution in [3.63, 3.8) is 0 Å². The molecule has 3 rings (SSSR count). The Bertz CT molecular complexity index is 704. The van der Waals surface area contributed by atoms with Crippen molar-refractivity contribution in [2.75, 3.05) is 5.73 Å². The summed E-state index contributed by atoms with van der Waals surface area (Å²) < 4.78 is 32.1.